The highest BCUT2D eigenvalue weighted by atomic mass is 16.1. The van der Waals surface area contributed by atoms with E-state index < -0.39 is 0 Å². The van der Waals surface area contributed by atoms with E-state index in [-0.39, 0.29) is 5.91 Å². The van der Waals surface area contributed by atoms with Gasteiger partial charge in [0.2, 0.25) is 0 Å². The Labute approximate surface area is 143 Å². The van der Waals surface area contributed by atoms with E-state index in [4.69, 9.17) is 0 Å². The standard InChI is InChI=1S/C19H26N4O/c1-4-5-11-20-19(24)16-12-17(21-13-14(2)3)23-18(22-16)15-9-7-6-8-10-15/h6-10,12,14H,4-5,11,13H2,1-3H3,(H,20,24)(H,21,22,23). The van der Waals surface area contributed by atoms with Crippen molar-refractivity contribution in [1.29, 1.82) is 0 Å². The van der Waals surface area contributed by atoms with Crippen LogP contribution in [0.5, 0.6) is 0 Å². The Morgan fingerprint density at radius 3 is 2.58 bits per heavy atom. The molecule has 0 atom stereocenters. The smallest absolute Gasteiger partial charge is 0.270 e. The van der Waals surface area contributed by atoms with Gasteiger partial charge in [0.15, 0.2) is 5.82 Å². The SMILES string of the molecule is CCCCNC(=O)c1cc(NCC(C)C)nc(-c2ccccc2)n1. The van der Waals surface area contributed by atoms with Gasteiger partial charge in [-0.15, -0.1) is 0 Å². The first-order valence-electron chi connectivity index (χ1n) is 8.56. The molecule has 5 nitrogen and oxygen atoms in total. The van der Waals surface area contributed by atoms with Crippen molar-refractivity contribution in [2.45, 2.75) is 33.6 Å². The maximum absolute atomic E-state index is 12.4. The lowest BCUT2D eigenvalue weighted by atomic mass is 10.2. The lowest BCUT2D eigenvalue weighted by molar-refractivity contribution is 0.0948. The van der Waals surface area contributed by atoms with Gasteiger partial charge in [0, 0.05) is 24.7 Å². The summed E-state index contributed by atoms with van der Waals surface area (Å²) in [6, 6.07) is 11.4. The average Bonchev–Trinajstić information content (AvgIpc) is 2.60. The van der Waals surface area contributed by atoms with Crippen molar-refractivity contribution in [3.8, 4) is 11.4 Å². The minimum absolute atomic E-state index is 0.157. The molecule has 0 fully saturated rings. The zero-order valence-electron chi connectivity index (χ0n) is 14.7. The number of carbonyl (C=O) groups excluding carboxylic acids is 1. The molecule has 0 spiro atoms. The largest absolute Gasteiger partial charge is 0.370 e. The lowest BCUT2D eigenvalue weighted by Gasteiger charge is -2.12. The Bertz CT molecular complexity index is 656. The Hall–Kier alpha value is -2.43. The first-order chi connectivity index (χ1) is 11.6. The summed E-state index contributed by atoms with van der Waals surface area (Å²) in [7, 11) is 0. The number of hydrogen-bond acceptors (Lipinski definition) is 4. The number of hydrogen-bond donors (Lipinski definition) is 2. The molecule has 0 aliphatic carbocycles. The maximum Gasteiger partial charge on any atom is 0.270 e. The van der Waals surface area contributed by atoms with Crippen LogP contribution in [-0.2, 0) is 0 Å². The molecule has 0 saturated carbocycles. The molecule has 1 aromatic carbocycles. The molecule has 2 rings (SSSR count). The van der Waals surface area contributed by atoms with Gasteiger partial charge in [-0.05, 0) is 12.3 Å². The fourth-order valence-electron chi connectivity index (χ4n) is 2.15. The molecule has 0 radical (unpaired) electrons. The summed E-state index contributed by atoms with van der Waals surface area (Å²) in [5.74, 6) is 1.57. The van der Waals surface area contributed by atoms with E-state index in [1.165, 1.54) is 0 Å². The minimum atomic E-state index is -0.157. The average molecular weight is 326 g/mol. The van der Waals surface area contributed by atoms with Gasteiger partial charge in [-0.3, -0.25) is 4.79 Å². The molecule has 0 aliphatic rings. The van der Waals surface area contributed by atoms with Gasteiger partial charge in [0.1, 0.15) is 11.5 Å². The van der Waals surface area contributed by atoms with Crippen molar-refractivity contribution in [1.82, 2.24) is 15.3 Å². The van der Waals surface area contributed by atoms with Crippen LogP contribution in [0, 0.1) is 5.92 Å². The van der Waals surface area contributed by atoms with Crippen molar-refractivity contribution >= 4 is 11.7 Å². The van der Waals surface area contributed by atoms with Gasteiger partial charge in [-0.2, -0.15) is 0 Å². The second-order valence-electron chi connectivity index (χ2n) is 6.21. The first kappa shape index (κ1) is 17.9. The second kappa shape index (κ2) is 9.01. The van der Waals surface area contributed by atoms with Gasteiger partial charge in [-0.1, -0.05) is 57.5 Å². The molecule has 1 aromatic heterocycles. The van der Waals surface area contributed by atoms with Crippen LogP contribution in [0.4, 0.5) is 5.82 Å². The van der Waals surface area contributed by atoms with Crippen LogP contribution < -0.4 is 10.6 Å². The molecule has 0 saturated heterocycles. The molecule has 0 unspecified atom stereocenters. The molecular weight excluding hydrogens is 300 g/mol. The van der Waals surface area contributed by atoms with E-state index >= 15 is 0 Å². The van der Waals surface area contributed by atoms with E-state index in [9.17, 15) is 4.79 Å². The lowest BCUT2D eigenvalue weighted by Crippen LogP contribution is -2.26. The van der Waals surface area contributed by atoms with Crippen LogP contribution >= 0.6 is 0 Å². The van der Waals surface area contributed by atoms with Crippen molar-refractivity contribution in [2.24, 2.45) is 5.92 Å². The van der Waals surface area contributed by atoms with Gasteiger partial charge in [-0.25, -0.2) is 9.97 Å². The van der Waals surface area contributed by atoms with Crippen LogP contribution in [0.1, 0.15) is 44.1 Å². The van der Waals surface area contributed by atoms with Crippen LogP contribution in [0.25, 0.3) is 11.4 Å². The monoisotopic (exact) mass is 326 g/mol. The molecule has 128 valence electrons. The summed E-state index contributed by atoms with van der Waals surface area (Å²) in [6.45, 7) is 7.81. The number of benzene rings is 1. The Kier molecular flexibility index (Phi) is 6.73. The number of nitrogens with zero attached hydrogens (tertiary/aromatic N) is 2. The van der Waals surface area contributed by atoms with E-state index in [1.807, 2.05) is 30.3 Å². The van der Waals surface area contributed by atoms with Crippen molar-refractivity contribution < 1.29 is 4.79 Å². The number of unbranched alkanes of at least 4 members (excludes halogenated alkanes) is 1. The number of anilines is 1. The Morgan fingerprint density at radius 2 is 1.92 bits per heavy atom. The number of aromatic nitrogens is 2. The number of rotatable bonds is 8. The summed E-state index contributed by atoms with van der Waals surface area (Å²) in [6.07, 6.45) is 2.00. The summed E-state index contributed by atoms with van der Waals surface area (Å²) < 4.78 is 0. The van der Waals surface area contributed by atoms with E-state index in [0.717, 1.165) is 24.9 Å². The predicted molar refractivity (Wildman–Crippen MR) is 98.0 cm³/mol. The highest BCUT2D eigenvalue weighted by molar-refractivity contribution is 5.93. The molecule has 0 bridgehead atoms. The summed E-state index contributed by atoms with van der Waals surface area (Å²) in [5.41, 5.74) is 1.29. The van der Waals surface area contributed by atoms with E-state index in [1.54, 1.807) is 6.07 Å². The van der Waals surface area contributed by atoms with Crippen LogP contribution in [0.3, 0.4) is 0 Å². The molecule has 5 heteroatoms. The molecule has 2 N–H and O–H groups in total. The van der Waals surface area contributed by atoms with Crippen LogP contribution in [0.2, 0.25) is 0 Å². The third-order valence-electron chi connectivity index (χ3n) is 3.50. The van der Waals surface area contributed by atoms with Crippen molar-refractivity contribution in [3.05, 3.63) is 42.1 Å². The fraction of sp³-hybridized carbons (Fsp3) is 0.421. The molecule has 2 aromatic rings. The third-order valence-corrected chi connectivity index (χ3v) is 3.50. The normalized spacial score (nSPS) is 10.7. The Morgan fingerprint density at radius 1 is 1.17 bits per heavy atom. The van der Waals surface area contributed by atoms with Crippen LogP contribution in [-0.4, -0.2) is 29.0 Å². The fourth-order valence-corrected chi connectivity index (χ4v) is 2.15. The van der Waals surface area contributed by atoms with Crippen molar-refractivity contribution in [2.75, 3.05) is 18.4 Å². The highest BCUT2D eigenvalue weighted by Gasteiger charge is 2.13. The number of nitrogens with one attached hydrogen (secondary N) is 2. The van der Waals surface area contributed by atoms with E-state index in [2.05, 4.69) is 41.4 Å². The van der Waals surface area contributed by atoms with Crippen LogP contribution in [0.15, 0.2) is 36.4 Å². The number of amides is 1. The summed E-state index contributed by atoms with van der Waals surface area (Å²) in [5, 5.41) is 6.20. The first-order valence-corrected chi connectivity index (χ1v) is 8.56. The minimum Gasteiger partial charge on any atom is -0.370 e. The summed E-state index contributed by atoms with van der Waals surface area (Å²) in [4.78, 5) is 21.4. The second-order valence-corrected chi connectivity index (χ2v) is 6.21. The van der Waals surface area contributed by atoms with E-state index in [0.29, 0.717) is 29.8 Å². The molecule has 24 heavy (non-hydrogen) atoms. The molecular formula is C19H26N4O. The Balaban J connectivity index is 2.28. The maximum atomic E-state index is 12.4. The zero-order chi connectivity index (χ0) is 17.4. The topological polar surface area (TPSA) is 66.9 Å². The van der Waals surface area contributed by atoms with Gasteiger partial charge >= 0.3 is 0 Å². The quantitative estimate of drug-likeness (QED) is 0.725. The van der Waals surface area contributed by atoms with Gasteiger partial charge in [0.25, 0.3) is 5.91 Å². The molecule has 1 heterocycles. The summed E-state index contributed by atoms with van der Waals surface area (Å²) >= 11 is 0. The number of carbonyl (C=O) groups is 1. The third kappa shape index (κ3) is 5.33. The predicted octanol–water partition coefficient (Wildman–Crippen LogP) is 3.74. The van der Waals surface area contributed by atoms with Crippen molar-refractivity contribution in [3.63, 3.8) is 0 Å². The molecule has 0 aliphatic heterocycles. The zero-order valence-corrected chi connectivity index (χ0v) is 14.7. The van der Waals surface area contributed by atoms with Gasteiger partial charge in [0.05, 0.1) is 0 Å². The van der Waals surface area contributed by atoms with Gasteiger partial charge < -0.3 is 10.6 Å². The highest BCUT2D eigenvalue weighted by Crippen LogP contribution is 2.18. The molecule has 1 amide bonds.